The van der Waals surface area contributed by atoms with E-state index in [1.807, 2.05) is 6.07 Å². The number of hydrogen-bond donors (Lipinski definition) is 3. The summed E-state index contributed by atoms with van der Waals surface area (Å²) >= 11 is 0. The van der Waals surface area contributed by atoms with Crippen LogP contribution >= 0.6 is 0 Å². The van der Waals surface area contributed by atoms with Crippen molar-refractivity contribution in [1.82, 2.24) is 5.32 Å². The standard InChI is InChI=1S/C16H15N3O3/c1-11(22-14-8-6-13(20)7-9-14)18-16(21)19-15-5-3-2-4-12(15)10-17/h2-9,11,20H,1H3,(H2,18,19,21). The molecule has 6 nitrogen and oxygen atoms in total. The number of hydrogen-bond acceptors (Lipinski definition) is 4. The average molecular weight is 297 g/mol. The zero-order valence-corrected chi connectivity index (χ0v) is 11.9. The van der Waals surface area contributed by atoms with Gasteiger partial charge in [0, 0.05) is 0 Å². The average Bonchev–Trinajstić information content (AvgIpc) is 2.50. The quantitative estimate of drug-likeness (QED) is 0.756. The Morgan fingerprint density at radius 2 is 1.91 bits per heavy atom. The Hall–Kier alpha value is -3.20. The van der Waals surface area contributed by atoms with Gasteiger partial charge in [-0.15, -0.1) is 0 Å². The number of nitrogens with one attached hydrogen (secondary N) is 2. The summed E-state index contributed by atoms with van der Waals surface area (Å²) in [5.74, 6) is 0.654. The summed E-state index contributed by atoms with van der Waals surface area (Å²) in [5, 5.41) is 23.3. The molecule has 6 heteroatoms. The Kier molecular flexibility index (Phi) is 4.83. The van der Waals surface area contributed by atoms with E-state index in [4.69, 9.17) is 10.00 Å². The fourth-order valence-electron chi connectivity index (χ4n) is 1.79. The van der Waals surface area contributed by atoms with Gasteiger partial charge in [0.1, 0.15) is 17.6 Å². The van der Waals surface area contributed by atoms with E-state index in [1.165, 1.54) is 12.1 Å². The molecule has 1 unspecified atom stereocenters. The van der Waals surface area contributed by atoms with Crippen LogP contribution in [0.4, 0.5) is 10.5 Å². The SMILES string of the molecule is CC(NC(=O)Nc1ccccc1C#N)Oc1ccc(O)cc1. The van der Waals surface area contributed by atoms with Crippen LogP contribution in [0.2, 0.25) is 0 Å². The van der Waals surface area contributed by atoms with Crippen LogP contribution in [0.1, 0.15) is 12.5 Å². The number of anilines is 1. The van der Waals surface area contributed by atoms with Gasteiger partial charge in [-0.25, -0.2) is 4.79 Å². The number of benzene rings is 2. The first-order valence-electron chi connectivity index (χ1n) is 6.61. The van der Waals surface area contributed by atoms with Crippen LogP contribution < -0.4 is 15.4 Å². The molecule has 1 atom stereocenters. The highest BCUT2D eigenvalue weighted by molar-refractivity contribution is 5.90. The van der Waals surface area contributed by atoms with Gasteiger partial charge in [0.05, 0.1) is 11.3 Å². The number of phenols is 1. The van der Waals surface area contributed by atoms with Crippen LogP contribution in [0.15, 0.2) is 48.5 Å². The highest BCUT2D eigenvalue weighted by Crippen LogP contribution is 2.17. The molecule has 0 saturated heterocycles. The third kappa shape index (κ3) is 4.15. The fourth-order valence-corrected chi connectivity index (χ4v) is 1.79. The van der Waals surface area contributed by atoms with Gasteiger partial charge in [-0.1, -0.05) is 12.1 Å². The number of carbonyl (C=O) groups excluding carboxylic acids is 1. The number of carbonyl (C=O) groups is 1. The Labute approximate surface area is 128 Å². The van der Waals surface area contributed by atoms with Crippen molar-refractivity contribution in [3.63, 3.8) is 0 Å². The molecule has 0 aromatic heterocycles. The zero-order valence-electron chi connectivity index (χ0n) is 11.9. The second kappa shape index (κ2) is 6.99. The predicted molar refractivity (Wildman–Crippen MR) is 81.5 cm³/mol. The molecule has 3 N–H and O–H groups in total. The summed E-state index contributed by atoms with van der Waals surface area (Å²) < 4.78 is 5.49. The highest BCUT2D eigenvalue weighted by atomic mass is 16.5. The monoisotopic (exact) mass is 297 g/mol. The molecule has 0 spiro atoms. The minimum Gasteiger partial charge on any atom is -0.508 e. The largest absolute Gasteiger partial charge is 0.508 e. The van der Waals surface area contributed by atoms with E-state index in [-0.39, 0.29) is 5.75 Å². The molecule has 0 fully saturated rings. The topological polar surface area (TPSA) is 94.4 Å². The van der Waals surface area contributed by atoms with Crippen molar-refractivity contribution in [2.75, 3.05) is 5.32 Å². The third-order valence-electron chi connectivity index (χ3n) is 2.78. The summed E-state index contributed by atoms with van der Waals surface area (Å²) in [6, 6.07) is 14.4. The molecule has 0 aliphatic heterocycles. The lowest BCUT2D eigenvalue weighted by atomic mass is 10.2. The lowest BCUT2D eigenvalue weighted by molar-refractivity contribution is 0.183. The van der Waals surface area contributed by atoms with E-state index in [0.29, 0.717) is 17.0 Å². The smallest absolute Gasteiger partial charge is 0.322 e. The van der Waals surface area contributed by atoms with Crippen molar-refractivity contribution in [3.05, 3.63) is 54.1 Å². The molecule has 2 amide bonds. The second-order valence-corrected chi connectivity index (χ2v) is 4.51. The van der Waals surface area contributed by atoms with Crippen molar-refractivity contribution >= 4 is 11.7 Å². The Morgan fingerprint density at radius 1 is 1.23 bits per heavy atom. The molecule has 2 aromatic rings. The molecular weight excluding hydrogens is 282 g/mol. The van der Waals surface area contributed by atoms with Gasteiger partial charge in [-0.05, 0) is 43.3 Å². The van der Waals surface area contributed by atoms with Crippen molar-refractivity contribution in [3.8, 4) is 17.6 Å². The van der Waals surface area contributed by atoms with E-state index >= 15 is 0 Å². The lowest BCUT2D eigenvalue weighted by Gasteiger charge is -2.17. The van der Waals surface area contributed by atoms with Crippen LogP contribution in [0.3, 0.4) is 0 Å². The molecule has 0 aliphatic rings. The highest BCUT2D eigenvalue weighted by Gasteiger charge is 2.10. The molecule has 112 valence electrons. The van der Waals surface area contributed by atoms with Gasteiger partial charge in [-0.2, -0.15) is 5.26 Å². The third-order valence-corrected chi connectivity index (χ3v) is 2.78. The van der Waals surface area contributed by atoms with E-state index < -0.39 is 12.3 Å². The van der Waals surface area contributed by atoms with Crippen LogP contribution in [-0.4, -0.2) is 17.4 Å². The number of ether oxygens (including phenoxy) is 1. The Balaban J connectivity index is 1.91. The van der Waals surface area contributed by atoms with Crippen molar-refractivity contribution < 1.29 is 14.6 Å². The van der Waals surface area contributed by atoms with E-state index in [9.17, 15) is 9.90 Å². The number of urea groups is 1. The zero-order chi connectivity index (χ0) is 15.9. The van der Waals surface area contributed by atoms with Gasteiger partial charge in [0.2, 0.25) is 0 Å². The maximum atomic E-state index is 11.9. The van der Waals surface area contributed by atoms with Gasteiger partial charge < -0.3 is 20.5 Å². The number of nitriles is 1. The van der Waals surface area contributed by atoms with Gasteiger partial charge in [0.25, 0.3) is 0 Å². The van der Waals surface area contributed by atoms with E-state index in [1.54, 1.807) is 43.3 Å². The van der Waals surface area contributed by atoms with E-state index in [0.717, 1.165) is 0 Å². The lowest BCUT2D eigenvalue weighted by Crippen LogP contribution is -2.39. The van der Waals surface area contributed by atoms with Crippen molar-refractivity contribution in [2.45, 2.75) is 13.2 Å². The fraction of sp³-hybridized carbons (Fsp3) is 0.125. The first-order valence-corrected chi connectivity index (χ1v) is 6.61. The number of phenolic OH excluding ortho intramolecular Hbond substituents is 1. The number of amides is 2. The van der Waals surface area contributed by atoms with Crippen LogP contribution in [0, 0.1) is 11.3 Å². The number of aromatic hydroxyl groups is 1. The molecule has 2 rings (SSSR count). The first-order chi connectivity index (χ1) is 10.6. The molecular formula is C16H15N3O3. The molecule has 0 saturated carbocycles. The molecule has 0 radical (unpaired) electrons. The minimum absolute atomic E-state index is 0.138. The normalized spacial score (nSPS) is 11.1. The maximum absolute atomic E-state index is 11.9. The minimum atomic E-state index is -0.584. The molecule has 2 aromatic carbocycles. The summed E-state index contributed by atoms with van der Waals surface area (Å²) in [5.41, 5.74) is 0.809. The summed E-state index contributed by atoms with van der Waals surface area (Å²) in [6.45, 7) is 1.67. The maximum Gasteiger partial charge on any atom is 0.322 e. The van der Waals surface area contributed by atoms with Gasteiger partial charge >= 0.3 is 6.03 Å². The Morgan fingerprint density at radius 3 is 2.59 bits per heavy atom. The Bertz CT molecular complexity index is 693. The second-order valence-electron chi connectivity index (χ2n) is 4.51. The number of rotatable bonds is 4. The predicted octanol–water partition coefficient (Wildman–Crippen LogP) is 2.81. The number of nitrogens with zero attached hydrogens (tertiary/aromatic N) is 1. The van der Waals surface area contributed by atoms with Crippen LogP contribution in [0.25, 0.3) is 0 Å². The molecule has 0 aliphatic carbocycles. The summed E-state index contributed by atoms with van der Waals surface area (Å²) in [4.78, 5) is 11.9. The number of para-hydroxylation sites is 1. The van der Waals surface area contributed by atoms with Crippen molar-refractivity contribution in [1.29, 1.82) is 5.26 Å². The van der Waals surface area contributed by atoms with Gasteiger partial charge in [-0.3, -0.25) is 0 Å². The van der Waals surface area contributed by atoms with Gasteiger partial charge in [0.15, 0.2) is 6.23 Å². The van der Waals surface area contributed by atoms with Crippen LogP contribution in [-0.2, 0) is 0 Å². The molecule has 22 heavy (non-hydrogen) atoms. The van der Waals surface area contributed by atoms with Crippen LogP contribution in [0.5, 0.6) is 11.5 Å². The summed E-state index contributed by atoms with van der Waals surface area (Å²) in [6.07, 6.45) is -0.584. The first kappa shape index (κ1) is 15.2. The molecule has 0 heterocycles. The van der Waals surface area contributed by atoms with E-state index in [2.05, 4.69) is 10.6 Å². The molecule has 0 bridgehead atoms. The summed E-state index contributed by atoms with van der Waals surface area (Å²) in [7, 11) is 0. The van der Waals surface area contributed by atoms with Crippen molar-refractivity contribution in [2.24, 2.45) is 0 Å².